The molecule has 8 heteroatoms. The van der Waals surface area contributed by atoms with Gasteiger partial charge >= 0.3 is 0 Å². The van der Waals surface area contributed by atoms with Crippen LogP contribution in [-0.4, -0.2) is 41.5 Å². The Morgan fingerprint density at radius 3 is 2.87 bits per heavy atom. The van der Waals surface area contributed by atoms with Crippen molar-refractivity contribution in [2.24, 2.45) is 0 Å². The zero-order valence-electron chi connectivity index (χ0n) is 17.1. The summed E-state index contributed by atoms with van der Waals surface area (Å²) in [6, 6.07) is 14.3. The number of thiazole rings is 1. The minimum Gasteiger partial charge on any atom is -0.493 e. The Kier molecular flexibility index (Phi) is 6.89. The molecular formula is C23H23N3O3S2. The second-order valence-corrected chi connectivity index (χ2v) is 8.97. The number of hydrogen-bond donors (Lipinski definition) is 2. The lowest BCUT2D eigenvalue weighted by Crippen LogP contribution is -2.44. The number of benzene rings is 2. The van der Waals surface area contributed by atoms with Crippen LogP contribution < -0.4 is 15.4 Å². The van der Waals surface area contributed by atoms with Crippen molar-refractivity contribution in [3.63, 3.8) is 0 Å². The van der Waals surface area contributed by atoms with E-state index < -0.39 is 6.04 Å². The summed E-state index contributed by atoms with van der Waals surface area (Å²) < 4.78 is 5.56. The average molecular weight is 454 g/mol. The smallest absolute Gasteiger partial charge is 0.251 e. The van der Waals surface area contributed by atoms with E-state index in [0.29, 0.717) is 23.7 Å². The fourth-order valence-electron chi connectivity index (χ4n) is 3.34. The summed E-state index contributed by atoms with van der Waals surface area (Å²) in [5, 5.41) is 8.16. The van der Waals surface area contributed by atoms with Crippen molar-refractivity contribution in [3.05, 3.63) is 65.0 Å². The Balaban J connectivity index is 1.44. The van der Waals surface area contributed by atoms with Crippen LogP contribution in [0.4, 0.5) is 5.13 Å². The molecule has 1 aromatic heterocycles. The van der Waals surface area contributed by atoms with E-state index >= 15 is 0 Å². The van der Waals surface area contributed by atoms with Crippen LogP contribution in [0, 0.1) is 0 Å². The first-order valence-electron chi connectivity index (χ1n) is 10.0. The number of rotatable bonds is 8. The van der Waals surface area contributed by atoms with E-state index in [1.54, 1.807) is 36.0 Å². The first kappa shape index (κ1) is 21.4. The summed E-state index contributed by atoms with van der Waals surface area (Å²) in [7, 11) is 0. The zero-order chi connectivity index (χ0) is 21.6. The number of amides is 2. The van der Waals surface area contributed by atoms with Gasteiger partial charge in [0.05, 0.1) is 12.3 Å². The molecule has 3 aromatic rings. The number of carbonyl (C=O) groups is 2. The van der Waals surface area contributed by atoms with Gasteiger partial charge in [-0.05, 0) is 54.3 Å². The third-order valence-electron chi connectivity index (χ3n) is 4.99. The predicted octanol–water partition coefficient (Wildman–Crippen LogP) is 4.24. The van der Waals surface area contributed by atoms with Gasteiger partial charge in [-0.1, -0.05) is 18.2 Å². The molecule has 4 rings (SSSR count). The SMILES string of the molecule is CSCCC(NC(=O)c1ccccc1)C(=O)Nc1nc(-c2ccc3c(c2)CCO3)cs1. The Bertz CT molecular complexity index is 1070. The molecule has 1 unspecified atom stereocenters. The summed E-state index contributed by atoms with van der Waals surface area (Å²) in [4.78, 5) is 30.0. The van der Waals surface area contributed by atoms with Gasteiger partial charge in [0.2, 0.25) is 5.91 Å². The van der Waals surface area contributed by atoms with E-state index in [4.69, 9.17) is 4.74 Å². The molecule has 1 aliphatic rings. The summed E-state index contributed by atoms with van der Waals surface area (Å²) in [5.41, 5.74) is 3.51. The van der Waals surface area contributed by atoms with Crippen LogP contribution in [0.15, 0.2) is 53.9 Å². The molecular weight excluding hydrogens is 430 g/mol. The minimum atomic E-state index is -0.635. The number of nitrogens with one attached hydrogen (secondary N) is 2. The molecule has 6 nitrogen and oxygen atoms in total. The molecule has 0 bridgehead atoms. The van der Waals surface area contributed by atoms with E-state index in [-0.39, 0.29) is 11.8 Å². The lowest BCUT2D eigenvalue weighted by Gasteiger charge is -2.17. The number of carbonyl (C=O) groups excluding carboxylic acids is 2. The van der Waals surface area contributed by atoms with Gasteiger partial charge in [0.15, 0.2) is 5.13 Å². The fourth-order valence-corrected chi connectivity index (χ4v) is 4.53. The molecule has 2 heterocycles. The van der Waals surface area contributed by atoms with Crippen LogP contribution in [0.25, 0.3) is 11.3 Å². The third-order valence-corrected chi connectivity index (χ3v) is 6.39. The molecule has 0 aliphatic carbocycles. The summed E-state index contributed by atoms with van der Waals surface area (Å²) in [6.07, 6.45) is 3.41. The second-order valence-electron chi connectivity index (χ2n) is 7.12. The van der Waals surface area contributed by atoms with Crippen LogP contribution in [0.1, 0.15) is 22.3 Å². The quantitative estimate of drug-likeness (QED) is 0.533. The van der Waals surface area contributed by atoms with Crippen molar-refractivity contribution >= 4 is 40.0 Å². The van der Waals surface area contributed by atoms with Gasteiger partial charge in [-0.15, -0.1) is 11.3 Å². The highest BCUT2D eigenvalue weighted by atomic mass is 32.2. The van der Waals surface area contributed by atoms with Crippen molar-refractivity contribution in [1.29, 1.82) is 0 Å². The standard InChI is InChI=1S/C23H23N3O3S2/c1-30-12-10-18(24-21(27)15-5-3-2-4-6-15)22(28)26-23-25-19(14-31-23)16-7-8-20-17(13-16)9-11-29-20/h2-8,13-14,18H,9-12H2,1H3,(H,24,27)(H,25,26,28). The maximum absolute atomic E-state index is 12.9. The summed E-state index contributed by atoms with van der Waals surface area (Å²) in [5.74, 6) is 1.16. The number of nitrogens with zero attached hydrogens (tertiary/aromatic N) is 1. The molecule has 0 saturated heterocycles. The molecule has 0 spiro atoms. The van der Waals surface area contributed by atoms with E-state index in [1.165, 1.54) is 16.9 Å². The van der Waals surface area contributed by atoms with Crippen molar-refractivity contribution < 1.29 is 14.3 Å². The summed E-state index contributed by atoms with van der Waals surface area (Å²) in [6.45, 7) is 0.712. The van der Waals surface area contributed by atoms with Crippen molar-refractivity contribution in [1.82, 2.24) is 10.3 Å². The normalized spacial score (nSPS) is 13.2. The van der Waals surface area contributed by atoms with Gasteiger partial charge in [0.1, 0.15) is 11.8 Å². The molecule has 2 amide bonds. The maximum atomic E-state index is 12.9. The Hall–Kier alpha value is -2.84. The van der Waals surface area contributed by atoms with E-state index in [9.17, 15) is 9.59 Å². The van der Waals surface area contributed by atoms with Crippen LogP contribution in [-0.2, 0) is 11.2 Å². The lowest BCUT2D eigenvalue weighted by atomic mass is 10.1. The van der Waals surface area contributed by atoms with Crippen molar-refractivity contribution in [3.8, 4) is 17.0 Å². The van der Waals surface area contributed by atoms with E-state index in [0.717, 1.165) is 29.2 Å². The van der Waals surface area contributed by atoms with Gasteiger partial charge < -0.3 is 15.4 Å². The highest BCUT2D eigenvalue weighted by Gasteiger charge is 2.22. The monoisotopic (exact) mass is 453 g/mol. The molecule has 2 aromatic carbocycles. The highest BCUT2D eigenvalue weighted by Crippen LogP contribution is 2.32. The van der Waals surface area contributed by atoms with Gasteiger partial charge in [-0.2, -0.15) is 11.8 Å². The van der Waals surface area contributed by atoms with Gasteiger partial charge in [0, 0.05) is 22.9 Å². The topological polar surface area (TPSA) is 80.3 Å². The number of anilines is 1. The number of ether oxygens (including phenoxy) is 1. The van der Waals surface area contributed by atoms with Crippen LogP contribution >= 0.6 is 23.1 Å². The van der Waals surface area contributed by atoms with Crippen molar-refractivity contribution in [2.45, 2.75) is 18.9 Å². The molecule has 0 fully saturated rings. The van der Waals surface area contributed by atoms with E-state index in [1.807, 2.05) is 29.8 Å². The number of hydrogen-bond acceptors (Lipinski definition) is 6. The highest BCUT2D eigenvalue weighted by molar-refractivity contribution is 7.98. The van der Waals surface area contributed by atoms with Crippen LogP contribution in [0.2, 0.25) is 0 Å². The van der Waals surface area contributed by atoms with Crippen LogP contribution in [0.5, 0.6) is 5.75 Å². The molecule has 1 atom stereocenters. The first-order valence-corrected chi connectivity index (χ1v) is 12.3. The average Bonchev–Trinajstić information content (AvgIpc) is 3.45. The maximum Gasteiger partial charge on any atom is 0.251 e. The number of fused-ring (bicyclic) bond motifs is 1. The molecule has 31 heavy (non-hydrogen) atoms. The molecule has 160 valence electrons. The zero-order valence-corrected chi connectivity index (χ0v) is 18.7. The molecule has 2 N–H and O–H groups in total. The first-order chi connectivity index (χ1) is 15.1. The third kappa shape index (κ3) is 5.26. The Labute approximate surface area is 189 Å². The van der Waals surface area contributed by atoms with Gasteiger partial charge in [0.25, 0.3) is 5.91 Å². The second kappa shape index (κ2) is 9.98. The van der Waals surface area contributed by atoms with E-state index in [2.05, 4.69) is 21.7 Å². The van der Waals surface area contributed by atoms with Gasteiger partial charge in [-0.25, -0.2) is 4.98 Å². The summed E-state index contributed by atoms with van der Waals surface area (Å²) >= 11 is 3.00. The molecule has 0 saturated carbocycles. The number of aromatic nitrogens is 1. The number of thioether (sulfide) groups is 1. The Morgan fingerprint density at radius 2 is 2.06 bits per heavy atom. The van der Waals surface area contributed by atoms with Gasteiger partial charge in [-0.3, -0.25) is 9.59 Å². The molecule has 1 aliphatic heterocycles. The molecule has 0 radical (unpaired) electrons. The predicted molar refractivity (Wildman–Crippen MR) is 126 cm³/mol. The lowest BCUT2D eigenvalue weighted by molar-refractivity contribution is -0.118. The Morgan fingerprint density at radius 1 is 1.23 bits per heavy atom. The fraction of sp³-hybridized carbons (Fsp3) is 0.261. The van der Waals surface area contributed by atoms with Crippen molar-refractivity contribution in [2.75, 3.05) is 23.9 Å². The minimum absolute atomic E-state index is 0.262. The van der Waals surface area contributed by atoms with Crippen LogP contribution in [0.3, 0.4) is 0 Å². The largest absolute Gasteiger partial charge is 0.493 e.